The van der Waals surface area contributed by atoms with Gasteiger partial charge in [0.05, 0.1) is 18.8 Å². The lowest BCUT2D eigenvalue weighted by Crippen LogP contribution is -2.55. The molecule has 1 saturated heterocycles. The summed E-state index contributed by atoms with van der Waals surface area (Å²) in [6.07, 6.45) is 9.79. The Kier molecular flexibility index (Phi) is 4.63. The molecule has 3 N–H and O–H groups in total. The van der Waals surface area contributed by atoms with Crippen molar-refractivity contribution in [2.75, 3.05) is 13.2 Å². The lowest BCUT2D eigenvalue weighted by molar-refractivity contribution is -0.220. The molecule has 3 aliphatic rings. The fourth-order valence-electron chi connectivity index (χ4n) is 5.08. The van der Waals surface area contributed by atoms with Crippen LogP contribution in [0.5, 0.6) is 0 Å². The van der Waals surface area contributed by atoms with Crippen LogP contribution < -0.4 is 0 Å². The van der Waals surface area contributed by atoms with Crippen LogP contribution in [-0.4, -0.2) is 39.7 Å². The highest BCUT2D eigenvalue weighted by molar-refractivity contribution is 5.70. The molecule has 0 spiro atoms. The minimum atomic E-state index is -1.16. The van der Waals surface area contributed by atoms with Crippen molar-refractivity contribution in [2.24, 2.45) is 5.41 Å². The van der Waals surface area contributed by atoms with Crippen molar-refractivity contribution < 1.29 is 20.1 Å². The van der Waals surface area contributed by atoms with Gasteiger partial charge in [-0.05, 0) is 59.9 Å². The maximum absolute atomic E-state index is 11.7. The van der Waals surface area contributed by atoms with Crippen molar-refractivity contribution >= 4 is 5.57 Å². The monoisotopic (exact) mass is 384 g/mol. The second-order valence-electron chi connectivity index (χ2n) is 9.89. The van der Waals surface area contributed by atoms with Crippen LogP contribution >= 0.6 is 0 Å². The molecule has 2 heterocycles. The lowest BCUT2D eigenvalue weighted by atomic mass is 9.73. The van der Waals surface area contributed by atoms with Gasteiger partial charge in [0, 0.05) is 12.8 Å². The Bertz CT molecular complexity index is 815. The van der Waals surface area contributed by atoms with E-state index in [4.69, 9.17) is 4.74 Å². The van der Waals surface area contributed by atoms with Crippen molar-refractivity contribution in [1.82, 2.24) is 0 Å². The average Bonchev–Trinajstić information content (AvgIpc) is 2.95. The molecule has 0 saturated carbocycles. The van der Waals surface area contributed by atoms with Gasteiger partial charge in [0.25, 0.3) is 0 Å². The third kappa shape index (κ3) is 3.26. The molecule has 2 aliphatic heterocycles. The number of aliphatic hydroxyl groups excluding tert-OH is 2. The predicted molar refractivity (Wildman–Crippen MR) is 110 cm³/mol. The minimum absolute atomic E-state index is 0.216. The number of aryl methyl sites for hydroxylation is 1. The second-order valence-corrected chi connectivity index (χ2v) is 9.89. The van der Waals surface area contributed by atoms with Gasteiger partial charge in [-0.3, -0.25) is 0 Å². The zero-order valence-electron chi connectivity index (χ0n) is 17.2. The van der Waals surface area contributed by atoms with Gasteiger partial charge in [0.15, 0.2) is 0 Å². The first kappa shape index (κ1) is 19.8. The average molecular weight is 385 g/mol. The van der Waals surface area contributed by atoms with E-state index in [0.29, 0.717) is 5.41 Å². The van der Waals surface area contributed by atoms with E-state index in [1.54, 1.807) is 0 Å². The number of allylic oxidation sites excluding steroid dienone is 2. The minimum Gasteiger partial charge on any atom is -0.393 e. The summed E-state index contributed by atoms with van der Waals surface area (Å²) in [7, 11) is 0. The molecule has 2 bridgehead atoms. The molecular weight excluding hydrogens is 352 g/mol. The van der Waals surface area contributed by atoms with Crippen LogP contribution in [0.25, 0.3) is 5.57 Å². The first-order valence-corrected chi connectivity index (χ1v) is 10.3. The van der Waals surface area contributed by atoms with Gasteiger partial charge >= 0.3 is 0 Å². The first-order chi connectivity index (χ1) is 13.1. The quantitative estimate of drug-likeness (QED) is 0.694. The van der Waals surface area contributed by atoms with Crippen LogP contribution in [0, 0.1) is 12.3 Å². The van der Waals surface area contributed by atoms with Crippen molar-refractivity contribution in [3.63, 3.8) is 0 Å². The van der Waals surface area contributed by atoms with Crippen molar-refractivity contribution in [3.05, 3.63) is 53.1 Å². The van der Waals surface area contributed by atoms with E-state index in [9.17, 15) is 15.3 Å². The molecule has 152 valence electrons. The van der Waals surface area contributed by atoms with Crippen LogP contribution in [0.1, 0.15) is 62.6 Å². The highest BCUT2D eigenvalue weighted by Crippen LogP contribution is 2.52. The highest BCUT2D eigenvalue weighted by Gasteiger charge is 2.57. The molecule has 28 heavy (non-hydrogen) atoms. The first-order valence-electron chi connectivity index (χ1n) is 10.3. The zero-order chi connectivity index (χ0) is 20.2. The Labute approximate surface area is 167 Å². The van der Waals surface area contributed by atoms with Gasteiger partial charge < -0.3 is 20.1 Å². The molecule has 0 radical (unpaired) electrons. The van der Waals surface area contributed by atoms with E-state index in [0.717, 1.165) is 24.8 Å². The number of rotatable bonds is 4. The van der Waals surface area contributed by atoms with E-state index in [1.807, 2.05) is 18.2 Å². The molecule has 3 atom stereocenters. The van der Waals surface area contributed by atoms with Gasteiger partial charge in [-0.15, -0.1) is 0 Å². The van der Waals surface area contributed by atoms with Crippen molar-refractivity contribution in [1.29, 1.82) is 0 Å². The van der Waals surface area contributed by atoms with Crippen LogP contribution in [0.3, 0.4) is 0 Å². The molecule has 1 aromatic carbocycles. The van der Waals surface area contributed by atoms with E-state index >= 15 is 0 Å². The van der Waals surface area contributed by atoms with E-state index < -0.39 is 16.8 Å². The van der Waals surface area contributed by atoms with Crippen LogP contribution in [0.15, 0.2) is 36.4 Å². The number of benzene rings is 1. The molecular formula is C24H32O4. The van der Waals surface area contributed by atoms with Crippen LogP contribution in [-0.2, 0) is 10.3 Å². The topological polar surface area (TPSA) is 69.9 Å². The third-order valence-electron chi connectivity index (χ3n) is 6.91. The number of ether oxygens (including phenoxy) is 1. The van der Waals surface area contributed by atoms with Gasteiger partial charge in [-0.1, -0.05) is 44.2 Å². The van der Waals surface area contributed by atoms with Crippen molar-refractivity contribution in [3.8, 4) is 0 Å². The smallest absolute Gasteiger partial charge is 0.114 e. The van der Waals surface area contributed by atoms with Crippen LogP contribution in [0.4, 0.5) is 0 Å². The standard InChI is InChI=1S/C24H32O4/c1-17-4-5-19(12-20(17)18-6-8-21(2,3)9-7-18)24(27)13-22(15-25)10-11-23(14-24,16-26)28-22/h4-6,10-12,25-27H,7-9,13-16H2,1-3H3/t22-,23+,24?. The third-order valence-corrected chi connectivity index (χ3v) is 6.91. The van der Waals surface area contributed by atoms with E-state index in [-0.39, 0.29) is 26.1 Å². The Hall–Kier alpha value is -1.46. The number of hydrogen-bond donors (Lipinski definition) is 3. The Morgan fingerprint density at radius 3 is 2.21 bits per heavy atom. The molecule has 4 nitrogen and oxygen atoms in total. The number of hydrogen-bond acceptors (Lipinski definition) is 4. The Balaban J connectivity index is 1.71. The Morgan fingerprint density at radius 2 is 1.68 bits per heavy atom. The molecule has 0 amide bonds. The Morgan fingerprint density at radius 1 is 1.04 bits per heavy atom. The second kappa shape index (κ2) is 6.53. The summed E-state index contributed by atoms with van der Waals surface area (Å²) < 4.78 is 6.00. The zero-order valence-corrected chi connectivity index (χ0v) is 17.2. The molecule has 0 aromatic heterocycles. The molecule has 1 aliphatic carbocycles. The fraction of sp³-hybridized carbons (Fsp3) is 0.583. The largest absolute Gasteiger partial charge is 0.393 e. The van der Waals surface area contributed by atoms with Gasteiger partial charge in [-0.25, -0.2) is 0 Å². The van der Waals surface area contributed by atoms with Gasteiger partial charge in [0.1, 0.15) is 11.2 Å². The summed E-state index contributed by atoms with van der Waals surface area (Å²) in [6.45, 7) is 6.29. The van der Waals surface area contributed by atoms with Crippen LogP contribution in [0.2, 0.25) is 0 Å². The number of fused-ring (bicyclic) bond motifs is 2. The summed E-state index contributed by atoms with van der Waals surface area (Å²) in [5.74, 6) is 0. The number of aliphatic hydroxyl groups is 3. The van der Waals surface area contributed by atoms with E-state index in [2.05, 4.69) is 39.0 Å². The van der Waals surface area contributed by atoms with Gasteiger partial charge in [-0.2, -0.15) is 0 Å². The summed E-state index contributed by atoms with van der Waals surface area (Å²) in [4.78, 5) is 0. The van der Waals surface area contributed by atoms with Gasteiger partial charge in [0.2, 0.25) is 0 Å². The maximum atomic E-state index is 11.7. The predicted octanol–water partition coefficient (Wildman–Crippen LogP) is 3.62. The molecule has 4 rings (SSSR count). The lowest BCUT2D eigenvalue weighted by Gasteiger charge is -2.47. The normalized spacial score (nSPS) is 36.4. The van der Waals surface area contributed by atoms with E-state index in [1.165, 1.54) is 16.7 Å². The molecule has 1 fully saturated rings. The summed E-state index contributed by atoms with van der Waals surface area (Å²) in [5, 5.41) is 31.5. The maximum Gasteiger partial charge on any atom is 0.114 e. The molecule has 4 heteroatoms. The SMILES string of the molecule is Cc1ccc(C2(O)C[C@@]3(CO)C=C[C@@](CO)(C2)O3)cc1C1=CCC(C)(C)CC1. The fourth-order valence-corrected chi connectivity index (χ4v) is 5.08. The van der Waals surface area contributed by atoms with Crippen molar-refractivity contribution in [2.45, 2.75) is 69.7 Å². The highest BCUT2D eigenvalue weighted by atomic mass is 16.6. The summed E-state index contributed by atoms with van der Waals surface area (Å²) in [6, 6.07) is 6.17. The molecule has 1 aromatic rings. The molecule has 1 unspecified atom stereocenters. The summed E-state index contributed by atoms with van der Waals surface area (Å²) >= 11 is 0. The summed E-state index contributed by atoms with van der Waals surface area (Å²) in [5.41, 5.74) is 1.91.